The van der Waals surface area contributed by atoms with E-state index in [0.29, 0.717) is 0 Å². The Morgan fingerprint density at radius 1 is 1.14 bits per heavy atom. The van der Waals surface area contributed by atoms with E-state index in [2.05, 4.69) is 22.2 Å². The van der Waals surface area contributed by atoms with Crippen LogP contribution in [0.1, 0.15) is 25.8 Å². The molecule has 0 atom stereocenters. The summed E-state index contributed by atoms with van der Waals surface area (Å²) < 4.78 is 13.1. The number of benzene rings is 1. The molecule has 1 aromatic heterocycles. The first-order valence-corrected chi connectivity index (χ1v) is 7.26. The molecule has 0 amide bonds. The number of halogens is 1. The summed E-state index contributed by atoms with van der Waals surface area (Å²) in [6, 6.07) is 6.45. The molecule has 0 fully saturated rings. The van der Waals surface area contributed by atoms with Crippen molar-refractivity contribution >= 4 is 17.3 Å². The lowest BCUT2D eigenvalue weighted by molar-refractivity contribution is 0.627. The zero-order valence-corrected chi connectivity index (χ0v) is 12.7. The zero-order valence-electron chi connectivity index (χ0n) is 12.7. The molecule has 21 heavy (non-hydrogen) atoms. The average molecular weight is 288 g/mol. The van der Waals surface area contributed by atoms with Crippen molar-refractivity contribution in [2.75, 3.05) is 23.3 Å². The SMILES string of the molecule is CCCNc1ncnc(N(CC)c2ccc(F)cc2)c1C. The number of aromatic nitrogens is 2. The predicted molar refractivity (Wildman–Crippen MR) is 84.6 cm³/mol. The van der Waals surface area contributed by atoms with Crippen LogP contribution in [0.2, 0.25) is 0 Å². The van der Waals surface area contributed by atoms with Crippen molar-refractivity contribution in [3.8, 4) is 0 Å². The molecular weight excluding hydrogens is 267 g/mol. The smallest absolute Gasteiger partial charge is 0.141 e. The lowest BCUT2D eigenvalue weighted by Gasteiger charge is -2.24. The molecule has 0 saturated carbocycles. The number of rotatable bonds is 6. The summed E-state index contributed by atoms with van der Waals surface area (Å²) >= 11 is 0. The first-order valence-electron chi connectivity index (χ1n) is 7.26. The molecule has 4 nitrogen and oxygen atoms in total. The normalized spacial score (nSPS) is 10.5. The summed E-state index contributed by atoms with van der Waals surface area (Å²) in [5, 5.41) is 3.30. The van der Waals surface area contributed by atoms with Crippen molar-refractivity contribution in [1.82, 2.24) is 9.97 Å². The molecule has 1 heterocycles. The van der Waals surface area contributed by atoms with Crippen LogP contribution >= 0.6 is 0 Å². The van der Waals surface area contributed by atoms with E-state index in [9.17, 15) is 4.39 Å². The molecule has 1 N–H and O–H groups in total. The molecule has 0 aliphatic heterocycles. The fourth-order valence-corrected chi connectivity index (χ4v) is 2.21. The Labute approximate surface area is 125 Å². The van der Waals surface area contributed by atoms with E-state index in [1.807, 2.05) is 18.7 Å². The zero-order chi connectivity index (χ0) is 15.2. The Kier molecular flexibility index (Phi) is 5.09. The Morgan fingerprint density at radius 2 is 1.86 bits per heavy atom. The number of nitrogens with one attached hydrogen (secondary N) is 1. The summed E-state index contributed by atoms with van der Waals surface area (Å²) in [7, 11) is 0. The fraction of sp³-hybridized carbons (Fsp3) is 0.375. The molecular formula is C16H21FN4. The van der Waals surface area contributed by atoms with Crippen LogP contribution in [0.15, 0.2) is 30.6 Å². The van der Waals surface area contributed by atoms with Crippen molar-refractivity contribution in [2.24, 2.45) is 0 Å². The van der Waals surface area contributed by atoms with E-state index in [-0.39, 0.29) is 5.82 Å². The van der Waals surface area contributed by atoms with Gasteiger partial charge in [-0.25, -0.2) is 14.4 Å². The van der Waals surface area contributed by atoms with Crippen LogP contribution in [0.3, 0.4) is 0 Å². The van der Waals surface area contributed by atoms with Crippen molar-refractivity contribution in [1.29, 1.82) is 0 Å². The number of anilines is 3. The maximum Gasteiger partial charge on any atom is 0.141 e. The Morgan fingerprint density at radius 3 is 2.48 bits per heavy atom. The van der Waals surface area contributed by atoms with Crippen LogP contribution in [0, 0.1) is 12.7 Å². The van der Waals surface area contributed by atoms with Gasteiger partial charge in [0, 0.05) is 24.3 Å². The molecule has 0 radical (unpaired) electrons. The van der Waals surface area contributed by atoms with Gasteiger partial charge < -0.3 is 10.2 Å². The number of hydrogen-bond donors (Lipinski definition) is 1. The molecule has 5 heteroatoms. The van der Waals surface area contributed by atoms with Gasteiger partial charge in [0.15, 0.2) is 0 Å². The summed E-state index contributed by atoms with van der Waals surface area (Å²) in [6.45, 7) is 7.78. The average Bonchev–Trinajstić information content (AvgIpc) is 2.50. The second kappa shape index (κ2) is 7.02. The minimum absolute atomic E-state index is 0.237. The molecule has 0 spiro atoms. The maximum atomic E-state index is 13.1. The summed E-state index contributed by atoms with van der Waals surface area (Å²) in [6.07, 6.45) is 2.60. The van der Waals surface area contributed by atoms with Crippen LogP contribution in [0.25, 0.3) is 0 Å². The van der Waals surface area contributed by atoms with E-state index in [1.165, 1.54) is 12.1 Å². The van der Waals surface area contributed by atoms with Gasteiger partial charge >= 0.3 is 0 Å². The lowest BCUT2D eigenvalue weighted by Crippen LogP contribution is -2.19. The van der Waals surface area contributed by atoms with Gasteiger partial charge in [-0.05, 0) is 44.5 Å². The molecule has 0 bridgehead atoms. The fourth-order valence-electron chi connectivity index (χ4n) is 2.21. The Balaban J connectivity index is 2.35. The highest BCUT2D eigenvalue weighted by Crippen LogP contribution is 2.28. The van der Waals surface area contributed by atoms with Crippen LogP contribution in [0.4, 0.5) is 21.7 Å². The molecule has 2 rings (SSSR count). The maximum absolute atomic E-state index is 13.1. The number of nitrogens with zero attached hydrogens (tertiary/aromatic N) is 3. The topological polar surface area (TPSA) is 41.1 Å². The molecule has 2 aromatic rings. The minimum atomic E-state index is -0.237. The highest BCUT2D eigenvalue weighted by atomic mass is 19.1. The molecule has 112 valence electrons. The number of hydrogen-bond acceptors (Lipinski definition) is 4. The third kappa shape index (κ3) is 3.48. The standard InChI is InChI=1S/C16H21FN4/c1-4-10-18-15-12(3)16(20-11-19-15)21(5-2)14-8-6-13(17)7-9-14/h6-9,11H,4-5,10H2,1-3H3,(H,18,19,20). The molecule has 0 unspecified atom stereocenters. The lowest BCUT2D eigenvalue weighted by atomic mass is 10.2. The van der Waals surface area contributed by atoms with E-state index in [1.54, 1.807) is 18.5 Å². The Hall–Kier alpha value is -2.17. The monoisotopic (exact) mass is 288 g/mol. The second-order valence-electron chi connectivity index (χ2n) is 4.82. The molecule has 1 aromatic carbocycles. The van der Waals surface area contributed by atoms with Crippen LogP contribution in [-0.2, 0) is 0 Å². The molecule has 0 aliphatic carbocycles. The van der Waals surface area contributed by atoms with Crippen LogP contribution in [-0.4, -0.2) is 23.1 Å². The quantitative estimate of drug-likeness (QED) is 0.875. The van der Waals surface area contributed by atoms with Gasteiger partial charge in [-0.15, -0.1) is 0 Å². The predicted octanol–water partition coefficient (Wildman–Crippen LogP) is 3.90. The molecule has 0 saturated heterocycles. The highest BCUT2D eigenvalue weighted by molar-refractivity contribution is 5.66. The van der Waals surface area contributed by atoms with E-state index in [0.717, 1.165) is 42.4 Å². The summed E-state index contributed by atoms with van der Waals surface area (Å²) in [5.74, 6) is 1.46. The third-order valence-corrected chi connectivity index (χ3v) is 3.31. The van der Waals surface area contributed by atoms with E-state index in [4.69, 9.17) is 0 Å². The first kappa shape index (κ1) is 15.2. The van der Waals surface area contributed by atoms with E-state index >= 15 is 0 Å². The van der Waals surface area contributed by atoms with Crippen molar-refractivity contribution < 1.29 is 4.39 Å². The summed E-state index contributed by atoms with van der Waals surface area (Å²) in [5.41, 5.74) is 1.92. The van der Waals surface area contributed by atoms with Gasteiger partial charge in [0.1, 0.15) is 23.8 Å². The third-order valence-electron chi connectivity index (χ3n) is 3.31. The van der Waals surface area contributed by atoms with Crippen molar-refractivity contribution in [3.63, 3.8) is 0 Å². The van der Waals surface area contributed by atoms with Crippen LogP contribution < -0.4 is 10.2 Å². The van der Waals surface area contributed by atoms with Gasteiger partial charge in [0.05, 0.1) is 0 Å². The Bertz CT molecular complexity index is 583. The second-order valence-corrected chi connectivity index (χ2v) is 4.82. The van der Waals surface area contributed by atoms with Crippen LogP contribution in [0.5, 0.6) is 0 Å². The molecule has 0 aliphatic rings. The minimum Gasteiger partial charge on any atom is -0.370 e. The first-order chi connectivity index (χ1) is 10.2. The van der Waals surface area contributed by atoms with E-state index < -0.39 is 0 Å². The van der Waals surface area contributed by atoms with Gasteiger partial charge in [0.2, 0.25) is 0 Å². The summed E-state index contributed by atoms with van der Waals surface area (Å²) in [4.78, 5) is 10.7. The highest BCUT2D eigenvalue weighted by Gasteiger charge is 2.14. The largest absolute Gasteiger partial charge is 0.370 e. The van der Waals surface area contributed by atoms with Gasteiger partial charge in [-0.2, -0.15) is 0 Å². The van der Waals surface area contributed by atoms with Crippen molar-refractivity contribution in [2.45, 2.75) is 27.2 Å². The van der Waals surface area contributed by atoms with Crippen molar-refractivity contribution in [3.05, 3.63) is 42.0 Å². The van der Waals surface area contributed by atoms with Gasteiger partial charge in [0.25, 0.3) is 0 Å². The van der Waals surface area contributed by atoms with Gasteiger partial charge in [-0.1, -0.05) is 6.92 Å². The van der Waals surface area contributed by atoms with Gasteiger partial charge in [-0.3, -0.25) is 0 Å².